The van der Waals surface area contributed by atoms with E-state index >= 15 is 0 Å². The van der Waals surface area contributed by atoms with Gasteiger partial charge in [0.1, 0.15) is 5.82 Å². The predicted molar refractivity (Wildman–Crippen MR) is 62.5 cm³/mol. The Morgan fingerprint density at radius 3 is 2.82 bits per heavy atom. The monoisotopic (exact) mass is 232 g/mol. The molecule has 0 aliphatic heterocycles. The quantitative estimate of drug-likeness (QED) is 0.790. The molecule has 0 saturated carbocycles. The molecule has 2 aromatic heterocycles. The fourth-order valence-corrected chi connectivity index (χ4v) is 1.29. The molecule has 2 N–H and O–H groups in total. The summed E-state index contributed by atoms with van der Waals surface area (Å²) in [5.41, 5.74) is 0. The van der Waals surface area contributed by atoms with Gasteiger partial charge < -0.3 is 10.2 Å². The van der Waals surface area contributed by atoms with Crippen LogP contribution in [0.1, 0.15) is 0 Å². The van der Waals surface area contributed by atoms with E-state index in [2.05, 4.69) is 25.5 Å². The molecule has 0 unspecified atom stereocenters. The number of likely N-dealkylation sites (N-methyl/N-ethyl adjacent to an activating group) is 1. The summed E-state index contributed by atoms with van der Waals surface area (Å²) in [6.07, 6.45) is 4.83. The van der Waals surface area contributed by atoms with Gasteiger partial charge in [0, 0.05) is 25.5 Å². The van der Waals surface area contributed by atoms with Gasteiger partial charge in [0.25, 0.3) is 0 Å². The lowest BCUT2D eigenvalue weighted by atomic mass is 10.5. The van der Waals surface area contributed by atoms with Gasteiger partial charge in [-0.2, -0.15) is 5.10 Å². The third-order valence-corrected chi connectivity index (χ3v) is 2.05. The molecule has 2 aromatic rings. The maximum Gasteiger partial charge on any atom is 0.245 e. The van der Waals surface area contributed by atoms with Gasteiger partial charge in [0.15, 0.2) is 0 Å². The molecular formula is C10H12N6O. The number of aromatic nitrogens is 4. The predicted octanol–water partition coefficient (Wildman–Crippen LogP) is 0.275. The zero-order valence-electron chi connectivity index (χ0n) is 9.29. The van der Waals surface area contributed by atoms with Crippen LogP contribution in [0.2, 0.25) is 0 Å². The molecule has 7 nitrogen and oxygen atoms in total. The minimum Gasteiger partial charge on any atom is -0.335 e. The molecule has 7 heteroatoms. The number of aromatic amines is 1. The Balaban J connectivity index is 1.91. The van der Waals surface area contributed by atoms with Crippen LogP contribution >= 0.6 is 0 Å². The molecule has 1 amide bonds. The summed E-state index contributed by atoms with van der Waals surface area (Å²) in [6, 6.07) is 3.40. The Labute approximate surface area is 97.9 Å². The van der Waals surface area contributed by atoms with Gasteiger partial charge in [-0.3, -0.25) is 9.89 Å². The van der Waals surface area contributed by atoms with Crippen molar-refractivity contribution in [3.05, 3.63) is 30.7 Å². The Kier molecular flexibility index (Phi) is 3.29. The average Bonchev–Trinajstić information content (AvgIpc) is 2.82. The van der Waals surface area contributed by atoms with Gasteiger partial charge in [-0.25, -0.2) is 9.97 Å². The maximum atomic E-state index is 11.6. The number of anilines is 2. The highest BCUT2D eigenvalue weighted by molar-refractivity contribution is 5.92. The molecule has 0 atom stereocenters. The number of H-pyrrole nitrogens is 1. The van der Waals surface area contributed by atoms with E-state index in [0.717, 1.165) is 0 Å². The molecule has 88 valence electrons. The van der Waals surface area contributed by atoms with Crippen molar-refractivity contribution in [1.29, 1.82) is 0 Å². The molecule has 2 heterocycles. The molecule has 0 bridgehead atoms. The summed E-state index contributed by atoms with van der Waals surface area (Å²) in [4.78, 5) is 21.4. The van der Waals surface area contributed by atoms with E-state index in [1.807, 2.05) is 0 Å². The summed E-state index contributed by atoms with van der Waals surface area (Å²) in [5, 5.41) is 9.05. The second-order valence-electron chi connectivity index (χ2n) is 3.42. The Bertz CT molecular complexity index is 469. The van der Waals surface area contributed by atoms with Gasteiger partial charge in [-0.15, -0.1) is 0 Å². The van der Waals surface area contributed by atoms with Gasteiger partial charge >= 0.3 is 0 Å². The zero-order chi connectivity index (χ0) is 12.1. The first-order chi connectivity index (χ1) is 8.25. The molecule has 0 aliphatic carbocycles. The van der Waals surface area contributed by atoms with Gasteiger partial charge in [-0.05, 0) is 6.07 Å². The second kappa shape index (κ2) is 5.06. The van der Waals surface area contributed by atoms with Gasteiger partial charge in [0.05, 0.1) is 12.7 Å². The van der Waals surface area contributed by atoms with Gasteiger partial charge in [0.2, 0.25) is 11.9 Å². The highest BCUT2D eigenvalue weighted by atomic mass is 16.2. The van der Waals surface area contributed by atoms with E-state index in [0.29, 0.717) is 11.8 Å². The van der Waals surface area contributed by atoms with Crippen molar-refractivity contribution in [1.82, 2.24) is 20.2 Å². The first-order valence-corrected chi connectivity index (χ1v) is 5.03. The molecule has 0 aliphatic rings. The smallest absolute Gasteiger partial charge is 0.245 e. The third-order valence-electron chi connectivity index (χ3n) is 2.05. The van der Waals surface area contributed by atoms with Crippen LogP contribution in [-0.2, 0) is 4.79 Å². The summed E-state index contributed by atoms with van der Waals surface area (Å²) in [6.45, 7) is 0.170. The Hall–Kier alpha value is -2.44. The van der Waals surface area contributed by atoms with E-state index in [-0.39, 0.29) is 12.5 Å². The van der Waals surface area contributed by atoms with Crippen LogP contribution < -0.4 is 10.2 Å². The minimum atomic E-state index is -0.163. The average molecular weight is 232 g/mol. The first kappa shape index (κ1) is 11.1. The largest absolute Gasteiger partial charge is 0.335 e. The van der Waals surface area contributed by atoms with Crippen LogP contribution in [-0.4, -0.2) is 39.7 Å². The lowest BCUT2D eigenvalue weighted by Gasteiger charge is -2.15. The van der Waals surface area contributed by atoms with E-state index in [1.165, 1.54) is 0 Å². The number of carbonyl (C=O) groups is 1. The van der Waals surface area contributed by atoms with Gasteiger partial charge in [-0.1, -0.05) is 0 Å². The molecule has 2 rings (SSSR count). The van der Waals surface area contributed by atoms with E-state index in [9.17, 15) is 4.79 Å². The molecule has 0 aromatic carbocycles. The lowest BCUT2D eigenvalue weighted by Crippen LogP contribution is -2.31. The number of carbonyl (C=O) groups excluding carboxylic acids is 1. The highest BCUT2D eigenvalue weighted by Crippen LogP contribution is 2.03. The summed E-state index contributed by atoms with van der Waals surface area (Å²) in [5.74, 6) is 0.911. The van der Waals surface area contributed by atoms with E-state index in [1.54, 1.807) is 42.7 Å². The SMILES string of the molecule is CN(CC(=O)Nc1ccn[nH]1)c1ncccn1. The molecule has 0 saturated heterocycles. The summed E-state index contributed by atoms with van der Waals surface area (Å²) < 4.78 is 0. The third kappa shape index (κ3) is 3.00. The molecule has 0 fully saturated rings. The standard InChI is InChI=1S/C10H12N6O/c1-16(10-11-4-2-5-12-10)7-9(17)14-8-3-6-13-15-8/h2-6H,7H2,1H3,(H2,13,14,15,17). The van der Waals surface area contributed by atoms with Crippen molar-refractivity contribution in [2.75, 3.05) is 23.8 Å². The van der Waals surface area contributed by atoms with Crippen molar-refractivity contribution >= 4 is 17.7 Å². The lowest BCUT2D eigenvalue weighted by molar-refractivity contribution is -0.115. The van der Waals surface area contributed by atoms with Crippen LogP contribution in [0.5, 0.6) is 0 Å². The normalized spacial score (nSPS) is 9.94. The number of rotatable bonds is 4. The van der Waals surface area contributed by atoms with E-state index in [4.69, 9.17) is 0 Å². The number of hydrogen-bond donors (Lipinski definition) is 2. The highest BCUT2D eigenvalue weighted by Gasteiger charge is 2.09. The second-order valence-corrected chi connectivity index (χ2v) is 3.42. The van der Waals surface area contributed by atoms with Crippen molar-refractivity contribution in [3.63, 3.8) is 0 Å². The molecular weight excluding hydrogens is 220 g/mol. The Morgan fingerprint density at radius 1 is 1.41 bits per heavy atom. The fourth-order valence-electron chi connectivity index (χ4n) is 1.29. The van der Waals surface area contributed by atoms with Crippen LogP contribution in [0.15, 0.2) is 30.7 Å². The molecule has 0 radical (unpaired) electrons. The number of nitrogens with zero attached hydrogens (tertiary/aromatic N) is 4. The first-order valence-electron chi connectivity index (χ1n) is 5.03. The summed E-state index contributed by atoms with van der Waals surface area (Å²) >= 11 is 0. The number of hydrogen-bond acceptors (Lipinski definition) is 5. The minimum absolute atomic E-state index is 0.163. The van der Waals surface area contributed by atoms with Crippen molar-refractivity contribution in [2.45, 2.75) is 0 Å². The Morgan fingerprint density at radius 2 is 2.18 bits per heavy atom. The molecule has 17 heavy (non-hydrogen) atoms. The van der Waals surface area contributed by atoms with Crippen LogP contribution in [0, 0.1) is 0 Å². The summed E-state index contributed by atoms with van der Waals surface area (Å²) in [7, 11) is 1.75. The van der Waals surface area contributed by atoms with Crippen molar-refractivity contribution < 1.29 is 4.79 Å². The number of nitrogens with one attached hydrogen (secondary N) is 2. The van der Waals surface area contributed by atoms with E-state index < -0.39 is 0 Å². The maximum absolute atomic E-state index is 11.6. The molecule has 0 spiro atoms. The fraction of sp³-hybridized carbons (Fsp3) is 0.200. The van der Waals surface area contributed by atoms with Crippen LogP contribution in [0.3, 0.4) is 0 Å². The van der Waals surface area contributed by atoms with Crippen LogP contribution in [0.25, 0.3) is 0 Å². The topological polar surface area (TPSA) is 86.8 Å². The van der Waals surface area contributed by atoms with Crippen molar-refractivity contribution in [2.24, 2.45) is 0 Å². The zero-order valence-corrected chi connectivity index (χ0v) is 9.29. The number of amides is 1. The van der Waals surface area contributed by atoms with Crippen LogP contribution in [0.4, 0.5) is 11.8 Å². The van der Waals surface area contributed by atoms with Crippen molar-refractivity contribution in [3.8, 4) is 0 Å².